The van der Waals surface area contributed by atoms with Gasteiger partial charge in [0.25, 0.3) is 5.91 Å². The first-order valence-electron chi connectivity index (χ1n) is 11.4. The Morgan fingerprint density at radius 1 is 0.970 bits per heavy atom. The standard InChI is InChI=1S/C27H29ClN2O3/c1-19-10-8-11-20(2)24(19)29-26(32)27(15-6-3-7-16-27)30(18-21-12-9-17-33-21)25(31)22-13-4-5-14-23(22)28/h4-5,8-14,17H,3,6-7,15-16,18H2,1-2H3,(H,29,32). The average Bonchev–Trinajstić information content (AvgIpc) is 3.33. The number of para-hydroxylation sites is 1. The summed E-state index contributed by atoms with van der Waals surface area (Å²) in [4.78, 5) is 29.6. The Labute approximate surface area is 199 Å². The third-order valence-corrected chi connectivity index (χ3v) is 6.91. The molecule has 1 aromatic heterocycles. The van der Waals surface area contributed by atoms with E-state index in [0.29, 0.717) is 29.2 Å². The van der Waals surface area contributed by atoms with Crippen LogP contribution in [0.25, 0.3) is 0 Å². The number of hydrogen-bond donors (Lipinski definition) is 1. The van der Waals surface area contributed by atoms with Gasteiger partial charge < -0.3 is 14.6 Å². The van der Waals surface area contributed by atoms with Crippen LogP contribution in [0, 0.1) is 13.8 Å². The number of rotatable bonds is 6. The van der Waals surface area contributed by atoms with Gasteiger partial charge in [0.2, 0.25) is 5.91 Å². The number of nitrogens with zero attached hydrogens (tertiary/aromatic N) is 1. The van der Waals surface area contributed by atoms with Crippen molar-refractivity contribution in [3.05, 3.63) is 88.3 Å². The van der Waals surface area contributed by atoms with Gasteiger partial charge in [0.1, 0.15) is 11.3 Å². The smallest absolute Gasteiger partial charge is 0.256 e. The van der Waals surface area contributed by atoms with E-state index in [2.05, 4.69) is 5.32 Å². The number of hydrogen-bond acceptors (Lipinski definition) is 3. The highest BCUT2D eigenvalue weighted by Gasteiger charge is 2.48. The molecule has 4 rings (SSSR count). The molecule has 0 unspecified atom stereocenters. The molecule has 0 radical (unpaired) electrons. The van der Waals surface area contributed by atoms with Gasteiger partial charge in [-0.15, -0.1) is 0 Å². The van der Waals surface area contributed by atoms with E-state index in [9.17, 15) is 9.59 Å². The SMILES string of the molecule is Cc1cccc(C)c1NC(=O)C1(N(Cc2ccco2)C(=O)c2ccccc2Cl)CCCCC1. The molecule has 172 valence electrons. The minimum atomic E-state index is -1.00. The van der Waals surface area contributed by atoms with Gasteiger partial charge in [-0.2, -0.15) is 0 Å². The summed E-state index contributed by atoms with van der Waals surface area (Å²) >= 11 is 6.41. The maximum absolute atomic E-state index is 14.0. The average molecular weight is 465 g/mol. The quantitative estimate of drug-likeness (QED) is 0.450. The minimum absolute atomic E-state index is 0.161. The number of carbonyl (C=O) groups is 2. The van der Waals surface area contributed by atoms with Crippen molar-refractivity contribution in [1.29, 1.82) is 0 Å². The van der Waals surface area contributed by atoms with Crippen LogP contribution in [0.15, 0.2) is 65.3 Å². The topological polar surface area (TPSA) is 62.6 Å². The maximum atomic E-state index is 14.0. The van der Waals surface area contributed by atoms with Gasteiger partial charge in [0, 0.05) is 5.69 Å². The van der Waals surface area contributed by atoms with Crippen LogP contribution in [0.5, 0.6) is 0 Å². The number of anilines is 1. The molecule has 2 amide bonds. The second-order valence-corrected chi connectivity index (χ2v) is 9.17. The lowest BCUT2D eigenvalue weighted by Gasteiger charge is -2.45. The fraction of sp³-hybridized carbons (Fsp3) is 0.333. The zero-order valence-corrected chi connectivity index (χ0v) is 19.8. The van der Waals surface area contributed by atoms with Crippen molar-refractivity contribution in [2.75, 3.05) is 5.32 Å². The molecule has 1 heterocycles. The van der Waals surface area contributed by atoms with Gasteiger partial charge in [-0.25, -0.2) is 0 Å². The highest BCUT2D eigenvalue weighted by molar-refractivity contribution is 6.33. The van der Waals surface area contributed by atoms with Crippen LogP contribution in [0.3, 0.4) is 0 Å². The summed E-state index contributed by atoms with van der Waals surface area (Å²) in [5.74, 6) is 0.197. The number of furan rings is 1. The van der Waals surface area contributed by atoms with Crippen molar-refractivity contribution in [3.63, 3.8) is 0 Å². The highest BCUT2D eigenvalue weighted by Crippen LogP contribution is 2.38. The maximum Gasteiger partial charge on any atom is 0.256 e. The van der Waals surface area contributed by atoms with E-state index >= 15 is 0 Å². The first kappa shape index (κ1) is 23.1. The number of aryl methyl sites for hydroxylation is 2. The summed E-state index contributed by atoms with van der Waals surface area (Å²) in [6.45, 7) is 4.15. The summed E-state index contributed by atoms with van der Waals surface area (Å²) in [6.07, 6.45) is 5.52. The molecule has 0 bridgehead atoms. The molecule has 0 atom stereocenters. The largest absolute Gasteiger partial charge is 0.467 e. The molecule has 5 nitrogen and oxygen atoms in total. The first-order chi connectivity index (χ1) is 15.9. The van der Waals surface area contributed by atoms with Crippen molar-refractivity contribution in [2.45, 2.75) is 58.0 Å². The van der Waals surface area contributed by atoms with Crippen molar-refractivity contribution in [3.8, 4) is 0 Å². The normalized spacial score (nSPS) is 15.1. The second kappa shape index (κ2) is 9.84. The van der Waals surface area contributed by atoms with E-state index < -0.39 is 5.54 Å². The second-order valence-electron chi connectivity index (χ2n) is 8.76. The third kappa shape index (κ3) is 4.69. The third-order valence-electron chi connectivity index (χ3n) is 6.58. The van der Waals surface area contributed by atoms with E-state index in [-0.39, 0.29) is 18.4 Å². The molecule has 1 N–H and O–H groups in total. The summed E-state index contributed by atoms with van der Waals surface area (Å²) in [5, 5.41) is 3.54. The molecule has 6 heteroatoms. The van der Waals surface area contributed by atoms with Crippen LogP contribution < -0.4 is 5.32 Å². The van der Waals surface area contributed by atoms with Crippen LogP contribution in [-0.4, -0.2) is 22.3 Å². The predicted octanol–water partition coefficient (Wildman–Crippen LogP) is 6.53. The van der Waals surface area contributed by atoms with E-state index in [1.165, 1.54) is 0 Å². The Hall–Kier alpha value is -3.05. The molecule has 3 aromatic rings. The number of amides is 2. The van der Waals surface area contributed by atoms with Crippen LogP contribution in [-0.2, 0) is 11.3 Å². The lowest BCUT2D eigenvalue weighted by molar-refractivity contribution is -0.129. The molecule has 1 aliphatic carbocycles. The lowest BCUT2D eigenvalue weighted by Crippen LogP contribution is -2.59. The lowest BCUT2D eigenvalue weighted by atomic mass is 9.78. The Bertz CT molecular complexity index is 1110. The van der Waals surface area contributed by atoms with Crippen molar-refractivity contribution >= 4 is 29.1 Å². The number of benzene rings is 2. The van der Waals surface area contributed by atoms with Crippen LogP contribution >= 0.6 is 11.6 Å². The molecule has 1 saturated carbocycles. The van der Waals surface area contributed by atoms with E-state index in [1.807, 2.05) is 38.1 Å². The van der Waals surface area contributed by atoms with Crippen molar-refractivity contribution in [1.82, 2.24) is 4.90 Å². The number of halogens is 1. The molecule has 1 aliphatic rings. The Morgan fingerprint density at radius 2 is 1.67 bits per heavy atom. The first-order valence-corrected chi connectivity index (χ1v) is 11.8. The molecule has 33 heavy (non-hydrogen) atoms. The highest BCUT2D eigenvalue weighted by atomic mass is 35.5. The Balaban J connectivity index is 1.78. The van der Waals surface area contributed by atoms with E-state index in [0.717, 1.165) is 36.1 Å². The van der Waals surface area contributed by atoms with Crippen LogP contribution in [0.2, 0.25) is 5.02 Å². The predicted molar refractivity (Wildman–Crippen MR) is 130 cm³/mol. The van der Waals surface area contributed by atoms with Crippen molar-refractivity contribution < 1.29 is 14.0 Å². The zero-order chi connectivity index (χ0) is 23.4. The number of nitrogens with one attached hydrogen (secondary N) is 1. The van der Waals surface area contributed by atoms with Gasteiger partial charge in [0.05, 0.1) is 23.4 Å². The summed E-state index contributed by atoms with van der Waals surface area (Å²) in [5.41, 5.74) is 2.16. The number of carbonyl (C=O) groups excluding carboxylic acids is 2. The molecule has 2 aromatic carbocycles. The van der Waals surface area contributed by atoms with E-state index in [4.69, 9.17) is 16.0 Å². The molecule has 0 saturated heterocycles. The van der Waals surface area contributed by atoms with Gasteiger partial charge in [-0.05, 0) is 62.1 Å². The Morgan fingerprint density at radius 3 is 2.30 bits per heavy atom. The van der Waals surface area contributed by atoms with Gasteiger partial charge in [-0.3, -0.25) is 9.59 Å². The summed E-state index contributed by atoms with van der Waals surface area (Å²) < 4.78 is 5.59. The van der Waals surface area contributed by atoms with E-state index in [1.54, 1.807) is 41.5 Å². The molecule has 0 spiro atoms. The monoisotopic (exact) mass is 464 g/mol. The molecule has 1 fully saturated rings. The van der Waals surface area contributed by atoms with Crippen LogP contribution in [0.1, 0.15) is 59.3 Å². The summed E-state index contributed by atoms with van der Waals surface area (Å²) in [7, 11) is 0. The van der Waals surface area contributed by atoms with Crippen LogP contribution in [0.4, 0.5) is 5.69 Å². The van der Waals surface area contributed by atoms with Crippen molar-refractivity contribution in [2.24, 2.45) is 0 Å². The van der Waals surface area contributed by atoms with Gasteiger partial charge in [0.15, 0.2) is 0 Å². The summed E-state index contributed by atoms with van der Waals surface area (Å²) in [6, 6.07) is 16.5. The molecule has 0 aliphatic heterocycles. The Kier molecular flexibility index (Phi) is 6.89. The van der Waals surface area contributed by atoms with Gasteiger partial charge >= 0.3 is 0 Å². The molecular weight excluding hydrogens is 436 g/mol. The zero-order valence-electron chi connectivity index (χ0n) is 19.1. The van der Waals surface area contributed by atoms with Gasteiger partial charge in [-0.1, -0.05) is 61.2 Å². The fourth-order valence-electron chi connectivity index (χ4n) is 4.75. The fourth-order valence-corrected chi connectivity index (χ4v) is 4.97. The minimum Gasteiger partial charge on any atom is -0.467 e. The molecular formula is C27H29ClN2O3.